The zero-order valence-corrected chi connectivity index (χ0v) is 26.6. The molecule has 12 heteroatoms. The van der Waals surface area contributed by atoms with Crippen LogP contribution in [0, 0.1) is 11.8 Å². The first-order chi connectivity index (χ1) is 21.8. The minimum absolute atomic E-state index is 0.0417. The van der Waals surface area contributed by atoms with Gasteiger partial charge in [0.2, 0.25) is 0 Å². The Labute approximate surface area is 270 Å². The van der Waals surface area contributed by atoms with Gasteiger partial charge >= 0.3 is 18.3 Å². The number of alkyl halides is 6. The number of aromatic nitrogens is 1. The third kappa shape index (κ3) is 9.77. The summed E-state index contributed by atoms with van der Waals surface area (Å²) in [5.74, 6) is 0.698. The van der Waals surface area contributed by atoms with E-state index in [1.165, 1.54) is 6.07 Å². The lowest BCUT2D eigenvalue weighted by molar-refractivity contribution is -0.144. The summed E-state index contributed by atoms with van der Waals surface area (Å²) in [7, 11) is 0. The number of carbonyl (C=O) groups is 1. The molecular weight excluding hydrogens is 632 g/mol. The first-order valence-corrected chi connectivity index (χ1v) is 15.8. The van der Waals surface area contributed by atoms with Crippen LogP contribution in [0.4, 0.5) is 37.8 Å². The summed E-state index contributed by atoms with van der Waals surface area (Å²) in [5.41, 5.74) is -0.635. The Kier molecular flexibility index (Phi) is 11.9. The van der Waals surface area contributed by atoms with Crippen LogP contribution in [-0.2, 0) is 35.0 Å². The summed E-state index contributed by atoms with van der Waals surface area (Å²) in [6.07, 6.45) is -4.60. The number of benzene rings is 2. The molecule has 0 aliphatic heterocycles. The van der Waals surface area contributed by atoms with Crippen molar-refractivity contribution in [2.24, 2.45) is 11.8 Å². The van der Waals surface area contributed by atoms with Gasteiger partial charge in [-0.15, -0.1) is 0 Å². The molecule has 0 amide bonds. The fraction of sp³-hybridized carbons (Fsp3) is 0.471. The van der Waals surface area contributed by atoms with Gasteiger partial charge in [0.1, 0.15) is 5.82 Å². The van der Waals surface area contributed by atoms with Crippen molar-refractivity contribution >= 4 is 29.1 Å². The number of halogens is 7. The second-order valence-electron chi connectivity index (χ2n) is 11.7. The smallest absolute Gasteiger partial charge is 0.417 e. The van der Waals surface area contributed by atoms with Gasteiger partial charge in [0.15, 0.2) is 0 Å². The van der Waals surface area contributed by atoms with Crippen molar-refractivity contribution in [3.63, 3.8) is 0 Å². The van der Waals surface area contributed by atoms with Gasteiger partial charge in [-0.2, -0.15) is 26.3 Å². The quantitative estimate of drug-likeness (QED) is 0.142. The summed E-state index contributed by atoms with van der Waals surface area (Å²) in [6, 6.07) is 13.1. The van der Waals surface area contributed by atoms with Gasteiger partial charge < -0.3 is 14.5 Å². The number of esters is 1. The Hall–Kier alpha value is -3.47. The highest BCUT2D eigenvalue weighted by Gasteiger charge is 2.34. The molecule has 0 saturated heterocycles. The van der Waals surface area contributed by atoms with Gasteiger partial charge in [0.25, 0.3) is 0 Å². The number of anilines is 2. The fourth-order valence-electron chi connectivity index (χ4n) is 6.02. The van der Waals surface area contributed by atoms with Gasteiger partial charge in [-0.25, -0.2) is 4.98 Å². The first kappa shape index (κ1) is 35.4. The average molecular weight is 670 g/mol. The van der Waals surface area contributed by atoms with E-state index in [0.29, 0.717) is 43.2 Å². The van der Waals surface area contributed by atoms with Crippen molar-refractivity contribution in [3.05, 3.63) is 88.1 Å². The van der Waals surface area contributed by atoms with Crippen LogP contribution >= 0.6 is 11.6 Å². The van der Waals surface area contributed by atoms with E-state index >= 15 is 0 Å². The zero-order valence-electron chi connectivity index (χ0n) is 25.8. The number of para-hydroxylation sites is 1. The lowest BCUT2D eigenvalue weighted by Crippen LogP contribution is -2.34. The van der Waals surface area contributed by atoms with Gasteiger partial charge in [-0.3, -0.25) is 4.79 Å². The fourth-order valence-corrected chi connectivity index (χ4v) is 6.28. The van der Waals surface area contributed by atoms with Crippen molar-refractivity contribution in [2.45, 2.75) is 71.4 Å². The molecule has 1 aromatic heterocycles. The van der Waals surface area contributed by atoms with Crippen molar-refractivity contribution in [2.75, 3.05) is 29.5 Å². The van der Waals surface area contributed by atoms with E-state index in [-0.39, 0.29) is 41.5 Å². The third-order valence-corrected chi connectivity index (χ3v) is 8.52. The second-order valence-corrected chi connectivity index (χ2v) is 12.1. The molecule has 2 aromatic carbocycles. The molecule has 0 N–H and O–H groups in total. The van der Waals surface area contributed by atoms with Crippen LogP contribution in [0.25, 0.3) is 0 Å². The first-order valence-electron chi connectivity index (χ1n) is 15.4. The molecule has 0 spiro atoms. The van der Waals surface area contributed by atoms with E-state index in [1.54, 1.807) is 42.2 Å². The summed E-state index contributed by atoms with van der Waals surface area (Å²) in [4.78, 5) is 20.0. The van der Waals surface area contributed by atoms with Crippen LogP contribution in [0.5, 0.6) is 0 Å². The maximum atomic E-state index is 13.9. The van der Waals surface area contributed by atoms with Crippen LogP contribution in [0.2, 0.25) is 5.02 Å². The van der Waals surface area contributed by atoms with Crippen LogP contribution in [0.15, 0.2) is 60.8 Å². The van der Waals surface area contributed by atoms with Gasteiger partial charge in [-0.1, -0.05) is 29.8 Å². The van der Waals surface area contributed by atoms with Crippen LogP contribution in [0.1, 0.15) is 68.2 Å². The molecule has 46 heavy (non-hydrogen) atoms. The van der Waals surface area contributed by atoms with E-state index in [0.717, 1.165) is 50.1 Å². The minimum atomic E-state index is -4.64. The van der Waals surface area contributed by atoms with E-state index < -0.39 is 23.5 Å². The van der Waals surface area contributed by atoms with Crippen molar-refractivity contribution in [1.29, 1.82) is 0 Å². The molecule has 1 aliphatic rings. The van der Waals surface area contributed by atoms with Gasteiger partial charge in [-0.05, 0) is 93.3 Å². The summed E-state index contributed by atoms with van der Waals surface area (Å²) in [6.45, 7) is 5.00. The molecular formula is C34H38ClF6N3O2. The lowest BCUT2D eigenvalue weighted by Gasteiger charge is -2.34. The Morgan fingerprint density at radius 1 is 0.870 bits per heavy atom. The minimum Gasteiger partial charge on any atom is -0.466 e. The standard InChI is InChI=1S/C34H38ClF6N3O2/c1-3-43(20-24-12-10-23(11-13-24)16-31(45)46-4-2)32-26(17-28(19-42-32)34(39,40)41)22-44(30-8-6-5-7-9-30)21-25-14-27(33(36,37)38)18-29(35)15-25/h5-9,14-15,17-19,23-24H,3-4,10-13,16,20-22H2,1-2H3/t23-,24-. The molecule has 3 aromatic rings. The number of carbonyl (C=O) groups excluding carboxylic acids is 1. The maximum Gasteiger partial charge on any atom is 0.417 e. The van der Waals surface area contributed by atoms with Crippen molar-refractivity contribution in [1.82, 2.24) is 4.98 Å². The van der Waals surface area contributed by atoms with Gasteiger partial charge in [0, 0.05) is 55.1 Å². The molecule has 1 saturated carbocycles. The summed E-state index contributed by atoms with van der Waals surface area (Å²) < 4.78 is 87.6. The maximum absolute atomic E-state index is 13.9. The lowest BCUT2D eigenvalue weighted by atomic mass is 9.80. The van der Waals surface area contributed by atoms with E-state index in [2.05, 4.69) is 4.98 Å². The largest absolute Gasteiger partial charge is 0.466 e. The van der Waals surface area contributed by atoms with E-state index in [1.807, 2.05) is 11.8 Å². The number of hydrogen-bond acceptors (Lipinski definition) is 5. The highest BCUT2D eigenvalue weighted by molar-refractivity contribution is 6.30. The molecule has 1 fully saturated rings. The van der Waals surface area contributed by atoms with Gasteiger partial charge in [0.05, 0.1) is 17.7 Å². The average Bonchev–Trinajstić information content (AvgIpc) is 3.00. The normalized spacial score (nSPS) is 17.1. The predicted molar refractivity (Wildman–Crippen MR) is 167 cm³/mol. The van der Waals surface area contributed by atoms with Crippen LogP contribution in [-0.4, -0.2) is 30.6 Å². The van der Waals surface area contributed by atoms with E-state index in [4.69, 9.17) is 16.3 Å². The number of ether oxygens (including phenoxy) is 1. The molecule has 4 rings (SSSR count). The molecule has 250 valence electrons. The Morgan fingerprint density at radius 2 is 1.52 bits per heavy atom. The monoisotopic (exact) mass is 669 g/mol. The Morgan fingerprint density at radius 3 is 2.13 bits per heavy atom. The number of pyridine rings is 1. The zero-order chi connectivity index (χ0) is 33.5. The Bertz CT molecular complexity index is 1440. The van der Waals surface area contributed by atoms with Crippen LogP contribution < -0.4 is 9.80 Å². The number of rotatable bonds is 12. The molecule has 1 aliphatic carbocycles. The third-order valence-electron chi connectivity index (χ3n) is 8.30. The van der Waals surface area contributed by atoms with Crippen molar-refractivity contribution < 1.29 is 35.9 Å². The molecule has 0 atom stereocenters. The predicted octanol–water partition coefficient (Wildman–Crippen LogP) is 9.57. The number of hydrogen-bond donors (Lipinski definition) is 0. The topological polar surface area (TPSA) is 45.7 Å². The highest BCUT2D eigenvalue weighted by atomic mass is 35.5. The van der Waals surface area contributed by atoms with Crippen molar-refractivity contribution in [3.8, 4) is 0 Å². The summed E-state index contributed by atoms with van der Waals surface area (Å²) >= 11 is 6.06. The second kappa shape index (κ2) is 15.4. The van der Waals surface area contributed by atoms with E-state index in [9.17, 15) is 31.1 Å². The molecule has 0 bridgehead atoms. The molecule has 0 unspecified atom stereocenters. The Balaban J connectivity index is 1.63. The molecule has 0 radical (unpaired) electrons. The molecule has 5 nitrogen and oxygen atoms in total. The number of nitrogens with zero attached hydrogens (tertiary/aromatic N) is 3. The highest BCUT2D eigenvalue weighted by Crippen LogP contribution is 2.37. The summed E-state index contributed by atoms with van der Waals surface area (Å²) in [5, 5.41) is -0.0894. The van der Waals surface area contributed by atoms with Crippen LogP contribution in [0.3, 0.4) is 0 Å². The SMILES string of the molecule is CCOC(=O)C[C@H]1CC[C@H](CN(CC)c2ncc(C(F)(F)F)cc2CN(Cc2cc(Cl)cc(C(F)(F)F)c2)c2ccccc2)CC1. The molecule has 1 heterocycles.